The quantitative estimate of drug-likeness (QED) is 0.425. The molecule has 1 aliphatic heterocycles. The zero-order valence-electron chi connectivity index (χ0n) is 22.4. The Kier molecular flexibility index (Phi) is 9.76. The van der Waals surface area contributed by atoms with Crippen LogP contribution in [0.2, 0.25) is 0 Å². The van der Waals surface area contributed by atoms with Crippen LogP contribution in [0.4, 0.5) is 5.69 Å². The average Bonchev–Trinajstić information content (AvgIpc) is 2.95. The molecule has 2 aromatic carbocycles. The number of rotatable bonds is 10. The van der Waals surface area contributed by atoms with Crippen molar-refractivity contribution in [2.45, 2.75) is 64.6 Å². The number of fused-ring (bicyclic) bond motifs is 1. The van der Waals surface area contributed by atoms with Gasteiger partial charge in [-0.05, 0) is 56.5 Å². The van der Waals surface area contributed by atoms with Crippen LogP contribution >= 0.6 is 15.9 Å². The van der Waals surface area contributed by atoms with Crippen molar-refractivity contribution < 1.29 is 27.5 Å². The van der Waals surface area contributed by atoms with Gasteiger partial charge < -0.3 is 19.7 Å². The number of benzene rings is 2. The first-order valence-corrected chi connectivity index (χ1v) is 15.8. The van der Waals surface area contributed by atoms with Crippen LogP contribution in [-0.2, 0) is 26.2 Å². The fourth-order valence-corrected chi connectivity index (χ4v) is 6.16. The van der Waals surface area contributed by atoms with E-state index in [4.69, 9.17) is 9.47 Å². The lowest BCUT2D eigenvalue weighted by molar-refractivity contribution is -0.139. The molecule has 11 heteroatoms. The van der Waals surface area contributed by atoms with E-state index < -0.39 is 28.5 Å². The summed E-state index contributed by atoms with van der Waals surface area (Å²) in [5.41, 5.74) is 1.13. The van der Waals surface area contributed by atoms with E-state index in [1.807, 2.05) is 24.3 Å². The molecular weight excluding hydrogens is 586 g/mol. The van der Waals surface area contributed by atoms with E-state index in [0.29, 0.717) is 30.4 Å². The maximum absolute atomic E-state index is 13.9. The predicted molar refractivity (Wildman–Crippen MR) is 153 cm³/mol. The Labute approximate surface area is 239 Å². The molecule has 2 aromatic rings. The molecule has 9 nitrogen and oxygen atoms in total. The fraction of sp³-hybridized carbons (Fsp3) is 0.500. The van der Waals surface area contributed by atoms with Gasteiger partial charge in [-0.25, -0.2) is 8.42 Å². The molecule has 0 saturated heterocycles. The van der Waals surface area contributed by atoms with E-state index in [-0.39, 0.29) is 24.2 Å². The number of hydrogen-bond acceptors (Lipinski definition) is 6. The summed E-state index contributed by atoms with van der Waals surface area (Å²) in [5, 5.41) is 3.11. The van der Waals surface area contributed by atoms with Crippen molar-refractivity contribution in [1.82, 2.24) is 10.2 Å². The summed E-state index contributed by atoms with van der Waals surface area (Å²) >= 11 is 3.43. The lowest BCUT2D eigenvalue weighted by Gasteiger charge is -2.33. The molecule has 1 aliphatic carbocycles. The van der Waals surface area contributed by atoms with Gasteiger partial charge >= 0.3 is 0 Å². The number of nitrogens with zero attached hydrogens (tertiary/aromatic N) is 2. The smallest absolute Gasteiger partial charge is 0.244 e. The Morgan fingerprint density at radius 3 is 2.36 bits per heavy atom. The van der Waals surface area contributed by atoms with E-state index in [0.717, 1.165) is 46.4 Å². The van der Waals surface area contributed by atoms with Crippen molar-refractivity contribution in [2.24, 2.45) is 0 Å². The number of carbonyl (C=O) groups excluding carboxylic acids is 2. The number of nitrogens with one attached hydrogen (secondary N) is 1. The Balaban J connectivity index is 1.61. The zero-order valence-corrected chi connectivity index (χ0v) is 24.8. The number of halogens is 1. The van der Waals surface area contributed by atoms with Gasteiger partial charge in [-0.2, -0.15) is 0 Å². The molecule has 1 N–H and O–H groups in total. The van der Waals surface area contributed by atoms with Gasteiger partial charge in [0.15, 0.2) is 11.5 Å². The fourth-order valence-electron chi connectivity index (χ4n) is 4.84. The van der Waals surface area contributed by atoms with E-state index >= 15 is 0 Å². The number of carbonyl (C=O) groups is 2. The first-order valence-electron chi connectivity index (χ1n) is 13.4. The molecule has 0 unspecified atom stereocenters. The predicted octanol–water partition coefficient (Wildman–Crippen LogP) is 4.24. The molecular formula is C28H36BrN3O6S. The Morgan fingerprint density at radius 1 is 1.03 bits per heavy atom. The molecule has 1 fully saturated rings. The standard InChI is InChI=1S/C28H36BrN3O6S/c1-3-39(35,36)32(24-13-14-25-26(17-24)38-16-15-37-25)19-27(33)31(18-21-9-11-22(29)12-10-21)20(2)28(34)30-23-7-5-4-6-8-23/h9-14,17,20,23H,3-8,15-16,18-19H2,1-2H3,(H,30,34)/t20-/m0/s1. The average molecular weight is 623 g/mol. The van der Waals surface area contributed by atoms with Crippen molar-refractivity contribution in [1.29, 1.82) is 0 Å². The monoisotopic (exact) mass is 621 g/mol. The number of amides is 2. The van der Waals surface area contributed by atoms with Crippen LogP contribution in [-0.4, -0.2) is 62.7 Å². The van der Waals surface area contributed by atoms with Gasteiger partial charge in [-0.1, -0.05) is 47.3 Å². The molecule has 4 rings (SSSR count). The topological polar surface area (TPSA) is 105 Å². The molecule has 1 saturated carbocycles. The summed E-state index contributed by atoms with van der Waals surface area (Å²) < 4.78 is 39.6. The minimum Gasteiger partial charge on any atom is -0.486 e. The second-order valence-corrected chi connectivity index (χ2v) is 13.0. The van der Waals surface area contributed by atoms with Gasteiger partial charge in [0.1, 0.15) is 25.8 Å². The molecule has 1 heterocycles. The Bertz CT molecular complexity index is 1260. The number of hydrogen-bond donors (Lipinski definition) is 1. The summed E-state index contributed by atoms with van der Waals surface area (Å²) in [6, 6.07) is 11.6. The molecule has 1 atom stereocenters. The number of sulfonamides is 1. The summed E-state index contributed by atoms with van der Waals surface area (Å²) in [6.07, 6.45) is 5.15. The lowest BCUT2D eigenvalue weighted by atomic mass is 9.95. The van der Waals surface area contributed by atoms with Gasteiger partial charge in [0.05, 0.1) is 11.4 Å². The van der Waals surface area contributed by atoms with Gasteiger partial charge in [0.25, 0.3) is 0 Å². The number of ether oxygens (including phenoxy) is 2. The van der Waals surface area contributed by atoms with E-state index in [2.05, 4.69) is 21.2 Å². The second-order valence-electron chi connectivity index (χ2n) is 9.90. The highest BCUT2D eigenvalue weighted by Crippen LogP contribution is 2.35. The normalized spacial score (nSPS) is 16.3. The maximum atomic E-state index is 13.9. The van der Waals surface area contributed by atoms with Crippen LogP contribution < -0.4 is 19.1 Å². The highest BCUT2D eigenvalue weighted by molar-refractivity contribution is 9.10. The molecule has 2 aliphatic rings. The third-order valence-corrected chi connectivity index (χ3v) is 9.45. The molecule has 0 bridgehead atoms. The summed E-state index contributed by atoms with van der Waals surface area (Å²) in [5.74, 6) is 0.0382. The van der Waals surface area contributed by atoms with E-state index in [1.165, 1.54) is 11.8 Å². The molecule has 0 spiro atoms. The van der Waals surface area contributed by atoms with Crippen molar-refractivity contribution in [2.75, 3.05) is 29.8 Å². The third-order valence-electron chi connectivity index (χ3n) is 7.18. The number of anilines is 1. The van der Waals surface area contributed by atoms with Gasteiger partial charge in [0.2, 0.25) is 21.8 Å². The van der Waals surface area contributed by atoms with Gasteiger partial charge in [0, 0.05) is 23.1 Å². The third kappa shape index (κ3) is 7.45. The highest BCUT2D eigenvalue weighted by Gasteiger charge is 2.32. The minimum atomic E-state index is -3.83. The second kappa shape index (κ2) is 13.0. The first kappa shape index (κ1) is 29.2. The molecule has 212 valence electrons. The van der Waals surface area contributed by atoms with Crippen molar-refractivity contribution >= 4 is 43.5 Å². The van der Waals surface area contributed by atoms with Crippen LogP contribution in [0.5, 0.6) is 11.5 Å². The summed E-state index contributed by atoms with van der Waals surface area (Å²) in [4.78, 5) is 28.6. The van der Waals surface area contributed by atoms with Gasteiger partial charge in [-0.15, -0.1) is 0 Å². The molecule has 0 radical (unpaired) electrons. The highest BCUT2D eigenvalue weighted by atomic mass is 79.9. The van der Waals surface area contributed by atoms with Crippen LogP contribution in [0.25, 0.3) is 0 Å². The molecule has 39 heavy (non-hydrogen) atoms. The first-order chi connectivity index (χ1) is 18.7. The summed E-state index contributed by atoms with van der Waals surface area (Å²) in [6.45, 7) is 3.69. The Morgan fingerprint density at radius 2 is 1.69 bits per heavy atom. The van der Waals surface area contributed by atoms with Crippen molar-refractivity contribution in [3.05, 3.63) is 52.5 Å². The Hall–Kier alpha value is -2.79. The molecule has 2 amide bonds. The SMILES string of the molecule is CCS(=O)(=O)N(CC(=O)N(Cc1ccc(Br)cc1)[C@@H](C)C(=O)NC1CCCCC1)c1ccc2c(c1)OCCO2. The van der Waals surface area contributed by atoms with Crippen LogP contribution in [0.3, 0.4) is 0 Å². The zero-order chi connectivity index (χ0) is 28.0. The van der Waals surface area contributed by atoms with Crippen molar-refractivity contribution in [3.63, 3.8) is 0 Å². The molecule has 0 aromatic heterocycles. The van der Waals surface area contributed by atoms with Crippen LogP contribution in [0, 0.1) is 0 Å². The van der Waals surface area contributed by atoms with E-state index in [9.17, 15) is 18.0 Å². The van der Waals surface area contributed by atoms with Crippen molar-refractivity contribution in [3.8, 4) is 11.5 Å². The minimum absolute atomic E-state index is 0.0908. The summed E-state index contributed by atoms with van der Waals surface area (Å²) in [7, 11) is -3.83. The largest absolute Gasteiger partial charge is 0.486 e. The van der Waals surface area contributed by atoms with Crippen LogP contribution in [0.1, 0.15) is 51.5 Å². The van der Waals surface area contributed by atoms with E-state index in [1.54, 1.807) is 25.1 Å². The maximum Gasteiger partial charge on any atom is 0.244 e. The van der Waals surface area contributed by atoms with Crippen LogP contribution in [0.15, 0.2) is 46.9 Å². The lowest BCUT2D eigenvalue weighted by Crippen LogP contribution is -2.53. The van der Waals surface area contributed by atoms with Gasteiger partial charge in [-0.3, -0.25) is 13.9 Å².